The molecule has 2 aliphatic rings. The van der Waals surface area contributed by atoms with Gasteiger partial charge in [-0.15, -0.1) is 0 Å². The largest absolute Gasteiger partial charge is 0.504 e. The van der Waals surface area contributed by atoms with Crippen molar-refractivity contribution in [3.05, 3.63) is 48.2 Å². The number of pyridine rings is 1. The molecule has 0 radical (unpaired) electrons. The molecule has 33 heavy (non-hydrogen) atoms. The van der Waals surface area contributed by atoms with Gasteiger partial charge in [0.05, 0.1) is 38.3 Å². The lowest BCUT2D eigenvalue weighted by Gasteiger charge is -2.33. The van der Waals surface area contributed by atoms with Crippen LogP contribution < -0.4 is 14.4 Å². The summed E-state index contributed by atoms with van der Waals surface area (Å²) in [4.78, 5) is 6.43. The molecule has 1 aliphatic carbocycles. The summed E-state index contributed by atoms with van der Waals surface area (Å²) in [6, 6.07) is 11.7. The minimum atomic E-state index is -3.37. The molecule has 2 aromatic rings. The van der Waals surface area contributed by atoms with Crippen LogP contribution in [0.2, 0.25) is 0 Å². The number of nitrogens with one attached hydrogen (secondary N) is 1. The van der Waals surface area contributed by atoms with E-state index in [1.807, 2.05) is 11.0 Å². The average Bonchev–Trinajstić information content (AvgIpc) is 3.19. The summed E-state index contributed by atoms with van der Waals surface area (Å²) in [6.45, 7) is 1.00. The Morgan fingerprint density at radius 3 is 2.52 bits per heavy atom. The number of aromatic hydroxyl groups is 1. The summed E-state index contributed by atoms with van der Waals surface area (Å²) in [5, 5.41) is 10.2. The molecule has 0 spiro atoms. The fraction of sp³-hybridized carbons (Fsp3) is 0.542. The van der Waals surface area contributed by atoms with Crippen LogP contribution in [-0.4, -0.2) is 63.2 Å². The Morgan fingerprint density at radius 2 is 1.88 bits per heavy atom. The van der Waals surface area contributed by atoms with Gasteiger partial charge in [0.2, 0.25) is 10.0 Å². The second kappa shape index (κ2) is 10.3. The zero-order valence-corrected chi connectivity index (χ0v) is 20.0. The number of aromatic nitrogens is 1. The van der Waals surface area contributed by atoms with Crippen molar-refractivity contribution in [3.8, 4) is 11.5 Å². The van der Waals surface area contributed by atoms with Gasteiger partial charge in [-0.2, -0.15) is 0 Å². The van der Waals surface area contributed by atoms with Crippen molar-refractivity contribution in [2.24, 2.45) is 0 Å². The molecular formula is C24H33N3O5S. The molecule has 0 amide bonds. The Labute approximate surface area is 196 Å². The number of rotatable bonds is 8. The third kappa shape index (κ3) is 5.96. The number of sulfonamides is 1. The van der Waals surface area contributed by atoms with Crippen molar-refractivity contribution in [1.29, 1.82) is 0 Å². The molecule has 1 saturated carbocycles. The van der Waals surface area contributed by atoms with Gasteiger partial charge in [0.1, 0.15) is 5.82 Å². The monoisotopic (exact) mass is 475 g/mol. The van der Waals surface area contributed by atoms with Gasteiger partial charge in [0.25, 0.3) is 0 Å². The minimum absolute atomic E-state index is 0.000856. The SMILES string of the molecule is COc1cnc(N2CC[C@H](NS(C)(=O)=O)[C@@H]2CO[C@H]2CC[C@@H](c3ccccc3)CC2)cc1O. The number of methoxy groups -OCH3 is 1. The van der Waals surface area contributed by atoms with E-state index in [-0.39, 0.29) is 23.9 Å². The van der Waals surface area contributed by atoms with Crippen LogP contribution in [0, 0.1) is 0 Å². The van der Waals surface area contributed by atoms with Crippen molar-refractivity contribution in [2.75, 3.05) is 31.4 Å². The molecule has 2 atom stereocenters. The van der Waals surface area contributed by atoms with Crippen molar-refractivity contribution in [1.82, 2.24) is 9.71 Å². The lowest BCUT2D eigenvalue weighted by molar-refractivity contribution is 0.0156. The minimum Gasteiger partial charge on any atom is -0.504 e. The van der Waals surface area contributed by atoms with Gasteiger partial charge >= 0.3 is 0 Å². The van der Waals surface area contributed by atoms with E-state index in [1.54, 1.807) is 6.07 Å². The molecule has 180 valence electrons. The van der Waals surface area contributed by atoms with E-state index >= 15 is 0 Å². The topological polar surface area (TPSA) is 101 Å². The molecule has 9 heteroatoms. The average molecular weight is 476 g/mol. The number of ether oxygens (including phenoxy) is 2. The zero-order valence-electron chi connectivity index (χ0n) is 19.2. The van der Waals surface area contributed by atoms with Crippen LogP contribution in [0.25, 0.3) is 0 Å². The fourth-order valence-electron chi connectivity index (χ4n) is 5.02. The molecular weight excluding hydrogens is 442 g/mol. The van der Waals surface area contributed by atoms with Gasteiger partial charge in [-0.05, 0) is 43.6 Å². The quantitative estimate of drug-likeness (QED) is 0.605. The number of anilines is 1. The molecule has 2 N–H and O–H groups in total. The highest BCUT2D eigenvalue weighted by Gasteiger charge is 2.38. The second-order valence-corrected chi connectivity index (χ2v) is 10.8. The maximum Gasteiger partial charge on any atom is 0.209 e. The van der Waals surface area contributed by atoms with E-state index in [9.17, 15) is 13.5 Å². The lowest BCUT2D eigenvalue weighted by Crippen LogP contribution is -2.48. The standard InChI is InChI=1S/C24H33N3O5S/c1-31-23-15-25-24(14-22(23)28)27-13-12-20(26-33(2,29)30)21(27)16-32-19-10-8-18(9-11-19)17-6-4-3-5-7-17/h3-7,14-15,18-21,26H,8-13,16H2,1-2H3,(H,25,28)/t18-,19+,20-,21-/m0/s1. The van der Waals surface area contributed by atoms with E-state index in [0.29, 0.717) is 37.1 Å². The normalized spacial score (nSPS) is 25.8. The summed E-state index contributed by atoms with van der Waals surface area (Å²) in [6.07, 6.45) is 7.58. The van der Waals surface area contributed by atoms with Crippen LogP contribution in [0.4, 0.5) is 5.82 Å². The first-order valence-corrected chi connectivity index (χ1v) is 13.4. The fourth-order valence-corrected chi connectivity index (χ4v) is 5.84. The van der Waals surface area contributed by atoms with Crippen LogP contribution in [0.5, 0.6) is 11.5 Å². The molecule has 4 rings (SSSR count). The first kappa shape index (κ1) is 23.8. The van der Waals surface area contributed by atoms with E-state index < -0.39 is 10.0 Å². The van der Waals surface area contributed by atoms with Crippen LogP contribution in [0.1, 0.15) is 43.6 Å². The van der Waals surface area contributed by atoms with Crippen molar-refractivity contribution >= 4 is 15.8 Å². The predicted molar refractivity (Wildman–Crippen MR) is 127 cm³/mol. The van der Waals surface area contributed by atoms with Gasteiger partial charge < -0.3 is 19.5 Å². The van der Waals surface area contributed by atoms with Crippen LogP contribution in [-0.2, 0) is 14.8 Å². The van der Waals surface area contributed by atoms with Gasteiger partial charge in [-0.3, -0.25) is 0 Å². The predicted octanol–water partition coefficient (Wildman–Crippen LogP) is 3.04. The smallest absolute Gasteiger partial charge is 0.209 e. The van der Waals surface area contributed by atoms with Crippen LogP contribution in [0.3, 0.4) is 0 Å². The zero-order chi connectivity index (χ0) is 23.4. The molecule has 8 nitrogen and oxygen atoms in total. The Balaban J connectivity index is 1.42. The van der Waals surface area contributed by atoms with E-state index in [0.717, 1.165) is 25.7 Å². The van der Waals surface area contributed by atoms with Gasteiger partial charge in [-0.25, -0.2) is 18.1 Å². The van der Waals surface area contributed by atoms with E-state index in [4.69, 9.17) is 9.47 Å². The molecule has 1 aromatic carbocycles. The maximum absolute atomic E-state index is 11.9. The molecule has 1 aliphatic heterocycles. The van der Waals surface area contributed by atoms with Gasteiger partial charge in [-0.1, -0.05) is 30.3 Å². The summed E-state index contributed by atoms with van der Waals surface area (Å²) >= 11 is 0. The number of hydrogen-bond donors (Lipinski definition) is 2. The van der Waals surface area contributed by atoms with Crippen LogP contribution >= 0.6 is 0 Å². The first-order chi connectivity index (χ1) is 15.8. The molecule has 0 bridgehead atoms. The highest BCUT2D eigenvalue weighted by Crippen LogP contribution is 2.35. The van der Waals surface area contributed by atoms with Gasteiger partial charge in [0.15, 0.2) is 11.5 Å². The summed E-state index contributed by atoms with van der Waals surface area (Å²) in [5.74, 6) is 1.44. The molecule has 2 heterocycles. The highest BCUT2D eigenvalue weighted by atomic mass is 32.2. The Morgan fingerprint density at radius 1 is 1.15 bits per heavy atom. The second-order valence-electron chi connectivity index (χ2n) is 8.98. The number of hydrogen-bond acceptors (Lipinski definition) is 7. The Bertz CT molecular complexity index is 1030. The summed E-state index contributed by atoms with van der Waals surface area (Å²) < 4.78 is 38.1. The van der Waals surface area contributed by atoms with Crippen molar-refractivity contribution < 1.29 is 23.0 Å². The maximum atomic E-state index is 11.9. The van der Waals surface area contributed by atoms with E-state index in [1.165, 1.54) is 25.1 Å². The third-order valence-electron chi connectivity index (χ3n) is 6.71. The third-order valence-corrected chi connectivity index (χ3v) is 7.44. The molecule has 1 saturated heterocycles. The molecule has 1 aromatic heterocycles. The Hall–Kier alpha value is -2.36. The summed E-state index contributed by atoms with van der Waals surface area (Å²) in [7, 11) is -1.89. The number of benzene rings is 1. The highest BCUT2D eigenvalue weighted by molar-refractivity contribution is 7.88. The Kier molecular flexibility index (Phi) is 7.41. The van der Waals surface area contributed by atoms with E-state index in [2.05, 4.69) is 34.0 Å². The summed E-state index contributed by atoms with van der Waals surface area (Å²) in [5.41, 5.74) is 1.39. The van der Waals surface area contributed by atoms with Gasteiger partial charge in [0, 0.05) is 18.7 Å². The first-order valence-electron chi connectivity index (χ1n) is 11.5. The van der Waals surface area contributed by atoms with Crippen LogP contribution in [0.15, 0.2) is 42.6 Å². The number of nitrogens with zero attached hydrogens (tertiary/aromatic N) is 2. The molecule has 2 fully saturated rings. The van der Waals surface area contributed by atoms with Crippen molar-refractivity contribution in [3.63, 3.8) is 0 Å². The lowest BCUT2D eigenvalue weighted by atomic mass is 9.83. The molecule has 0 unspecified atom stereocenters. The van der Waals surface area contributed by atoms with Crippen molar-refractivity contribution in [2.45, 2.75) is 56.2 Å².